The Morgan fingerprint density at radius 3 is 2.00 bits per heavy atom. The molecule has 0 rings (SSSR count). The van der Waals surface area contributed by atoms with Crippen LogP contribution in [0.2, 0.25) is 0 Å². The summed E-state index contributed by atoms with van der Waals surface area (Å²) in [7, 11) is 4.03. The molecule has 0 fully saturated rings. The van der Waals surface area contributed by atoms with Gasteiger partial charge in [-0.15, -0.1) is 0 Å². The smallest absolute Gasteiger partial charge is 0.00468 e. The van der Waals surface area contributed by atoms with Crippen LogP contribution in [-0.4, -0.2) is 27.2 Å². The van der Waals surface area contributed by atoms with Gasteiger partial charge in [0, 0.05) is 0 Å². The predicted molar refractivity (Wildman–Crippen MR) is 55.5 cm³/mol. The quantitative estimate of drug-likeness (QED) is 0.570. The Labute approximate surface area is 77.1 Å². The average molecular weight is 172 g/mol. The molecular formula is C10H24N2. The lowest BCUT2D eigenvalue weighted by molar-refractivity contribution is 0.296. The van der Waals surface area contributed by atoms with E-state index in [1.165, 1.54) is 19.3 Å². The van der Waals surface area contributed by atoms with Crippen molar-refractivity contribution in [2.75, 3.05) is 27.2 Å². The van der Waals surface area contributed by atoms with Crippen LogP contribution in [0.5, 0.6) is 0 Å². The Kier molecular flexibility index (Phi) is 6.39. The first-order chi connectivity index (χ1) is 5.62. The van der Waals surface area contributed by atoms with Gasteiger partial charge in [0.15, 0.2) is 0 Å². The first kappa shape index (κ1) is 11.9. The van der Waals surface area contributed by atoms with Crippen LogP contribution in [-0.2, 0) is 0 Å². The molecule has 0 saturated carbocycles. The van der Waals surface area contributed by atoms with Crippen LogP contribution >= 0.6 is 0 Å². The fraction of sp³-hybridized carbons (Fsp3) is 1.00. The highest BCUT2D eigenvalue weighted by molar-refractivity contribution is 4.69. The lowest BCUT2D eigenvalue weighted by Crippen LogP contribution is -2.21. The zero-order chi connectivity index (χ0) is 9.45. The minimum absolute atomic E-state index is 0.500. The molecule has 2 nitrogen and oxygen atoms in total. The van der Waals surface area contributed by atoms with Crippen molar-refractivity contribution in [3.8, 4) is 0 Å². The summed E-state index contributed by atoms with van der Waals surface area (Å²) in [4.78, 5) is 0. The van der Waals surface area contributed by atoms with E-state index in [1.54, 1.807) is 0 Å². The summed E-state index contributed by atoms with van der Waals surface area (Å²) in [6.07, 6.45) is 3.87. The maximum atomic E-state index is 3.20. The summed E-state index contributed by atoms with van der Waals surface area (Å²) >= 11 is 0. The zero-order valence-corrected chi connectivity index (χ0v) is 9.04. The van der Waals surface area contributed by atoms with Gasteiger partial charge in [-0.25, -0.2) is 0 Å². The molecule has 0 aromatic carbocycles. The third kappa shape index (κ3) is 6.62. The van der Waals surface area contributed by atoms with Crippen LogP contribution in [0, 0.1) is 5.41 Å². The molecule has 2 heteroatoms. The molecule has 0 aliphatic heterocycles. The maximum Gasteiger partial charge on any atom is -0.00468 e. The average Bonchev–Trinajstić information content (AvgIpc) is 2.01. The predicted octanol–water partition coefficient (Wildman–Crippen LogP) is 1.62. The van der Waals surface area contributed by atoms with Crippen LogP contribution in [0.4, 0.5) is 0 Å². The molecule has 0 aromatic heterocycles. The minimum Gasteiger partial charge on any atom is -0.320 e. The molecule has 0 unspecified atom stereocenters. The van der Waals surface area contributed by atoms with Gasteiger partial charge in [-0.2, -0.15) is 0 Å². The van der Waals surface area contributed by atoms with Crippen LogP contribution in [0.25, 0.3) is 0 Å². The van der Waals surface area contributed by atoms with Crippen LogP contribution in [0.15, 0.2) is 0 Å². The minimum atomic E-state index is 0.500. The second-order valence-electron chi connectivity index (χ2n) is 4.22. The van der Waals surface area contributed by atoms with Gasteiger partial charge in [0.2, 0.25) is 0 Å². The van der Waals surface area contributed by atoms with E-state index in [4.69, 9.17) is 0 Å². The third-order valence-electron chi connectivity index (χ3n) is 2.33. The number of nitrogens with one attached hydrogen (secondary N) is 2. The maximum absolute atomic E-state index is 3.20. The van der Waals surface area contributed by atoms with Gasteiger partial charge < -0.3 is 10.6 Å². The Morgan fingerprint density at radius 2 is 1.50 bits per heavy atom. The van der Waals surface area contributed by atoms with Crippen molar-refractivity contribution in [1.29, 1.82) is 0 Å². The number of hydrogen-bond acceptors (Lipinski definition) is 2. The van der Waals surface area contributed by atoms with E-state index in [9.17, 15) is 0 Å². The topological polar surface area (TPSA) is 24.1 Å². The number of hydrogen-bond donors (Lipinski definition) is 2. The van der Waals surface area contributed by atoms with Crippen molar-refractivity contribution in [2.45, 2.75) is 33.1 Å². The summed E-state index contributed by atoms with van der Waals surface area (Å²) in [6, 6.07) is 0. The van der Waals surface area contributed by atoms with Crippen molar-refractivity contribution < 1.29 is 0 Å². The normalized spacial score (nSPS) is 12.0. The van der Waals surface area contributed by atoms with Crippen molar-refractivity contribution in [1.82, 2.24) is 10.6 Å². The molecule has 74 valence electrons. The first-order valence-corrected chi connectivity index (χ1v) is 4.91. The van der Waals surface area contributed by atoms with Gasteiger partial charge >= 0.3 is 0 Å². The highest BCUT2D eigenvalue weighted by Gasteiger charge is 2.15. The van der Waals surface area contributed by atoms with E-state index in [0.29, 0.717) is 5.41 Å². The summed E-state index contributed by atoms with van der Waals surface area (Å²) < 4.78 is 0. The van der Waals surface area contributed by atoms with Gasteiger partial charge in [-0.3, -0.25) is 0 Å². The zero-order valence-electron chi connectivity index (χ0n) is 9.04. The SMILES string of the molecule is CNCCCC(C)(C)CCNC. The van der Waals surface area contributed by atoms with E-state index in [2.05, 4.69) is 24.5 Å². The van der Waals surface area contributed by atoms with Gasteiger partial charge in [0.25, 0.3) is 0 Å². The van der Waals surface area contributed by atoms with Gasteiger partial charge in [0.1, 0.15) is 0 Å². The van der Waals surface area contributed by atoms with Gasteiger partial charge in [-0.05, 0) is 51.9 Å². The molecule has 2 N–H and O–H groups in total. The fourth-order valence-electron chi connectivity index (χ4n) is 1.33. The Balaban J connectivity index is 3.42. The molecular weight excluding hydrogens is 148 g/mol. The first-order valence-electron chi connectivity index (χ1n) is 4.91. The van der Waals surface area contributed by atoms with E-state index in [1.807, 2.05) is 14.1 Å². The summed E-state index contributed by atoms with van der Waals surface area (Å²) in [6.45, 7) is 6.97. The summed E-state index contributed by atoms with van der Waals surface area (Å²) in [5.41, 5.74) is 0.500. The van der Waals surface area contributed by atoms with Gasteiger partial charge in [0.05, 0.1) is 0 Å². The third-order valence-corrected chi connectivity index (χ3v) is 2.33. The summed E-state index contributed by atoms with van der Waals surface area (Å²) in [5.74, 6) is 0. The second kappa shape index (κ2) is 6.44. The van der Waals surface area contributed by atoms with E-state index in [-0.39, 0.29) is 0 Å². The van der Waals surface area contributed by atoms with Crippen molar-refractivity contribution >= 4 is 0 Å². The molecule has 0 heterocycles. The van der Waals surface area contributed by atoms with Crippen molar-refractivity contribution in [2.24, 2.45) is 5.41 Å². The molecule has 0 aliphatic carbocycles. The van der Waals surface area contributed by atoms with E-state index >= 15 is 0 Å². The highest BCUT2D eigenvalue weighted by atomic mass is 14.8. The standard InChI is InChI=1S/C10H24N2/c1-10(2,7-9-12-4)6-5-8-11-3/h11-12H,5-9H2,1-4H3. The van der Waals surface area contributed by atoms with Crippen molar-refractivity contribution in [3.63, 3.8) is 0 Å². The largest absolute Gasteiger partial charge is 0.320 e. The second-order valence-corrected chi connectivity index (χ2v) is 4.22. The molecule has 0 bridgehead atoms. The summed E-state index contributed by atoms with van der Waals surface area (Å²) in [5, 5.41) is 6.38. The van der Waals surface area contributed by atoms with E-state index < -0.39 is 0 Å². The van der Waals surface area contributed by atoms with Crippen LogP contribution in [0.1, 0.15) is 33.1 Å². The van der Waals surface area contributed by atoms with Crippen LogP contribution < -0.4 is 10.6 Å². The molecule has 0 atom stereocenters. The molecule has 0 amide bonds. The monoisotopic (exact) mass is 172 g/mol. The Hall–Kier alpha value is -0.0800. The number of rotatable bonds is 7. The molecule has 0 radical (unpaired) electrons. The fourth-order valence-corrected chi connectivity index (χ4v) is 1.33. The lowest BCUT2D eigenvalue weighted by Gasteiger charge is -2.24. The van der Waals surface area contributed by atoms with Crippen molar-refractivity contribution in [3.05, 3.63) is 0 Å². The lowest BCUT2D eigenvalue weighted by atomic mass is 9.84. The molecule has 0 saturated heterocycles. The van der Waals surface area contributed by atoms with Gasteiger partial charge in [-0.1, -0.05) is 13.8 Å². The Morgan fingerprint density at radius 1 is 0.917 bits per heavy atom. The van der Waals surface area contributed by atoms with E-state index in [0.717, 1.165) is 13.1 Å². The molecule has 0 spiro atoms. The molecule has 12 heavy (non-hydrogen) atoms. The van der Waals surface area contributed by atoms with Crippen LogP contribution in [0.3, 0.4) is 0 Å². The Bertz CT molecular complexity index is 100. The molecule has 0 aliphatic rings. The highest BCUT2D eigenvalue weighted by Crippen LogP contribution is 2.25. The molecule has 0 aromatic rings.